The highest BCUT2D eigenvalue weighted by molar-refractivity contribution is 9.11. The van der Waals surface area contributed by atoms with Gasteiger partial charge in [-0.05, 0) is 39.7 Å². The van der Waals surface area contributed by atoms with Crippen LogP contribution >= 0.6 is 15.9 Å². The number of allylic oxidation sites excluding steroid dienone is 3. The van der Waals surface area contributed by atoms with Gasteiger partial charge in [0.05, 0.1) is 0 Å². The highest BCUT2D eigenvalue weighted by Gasteiger charge is 2.44. The molecule has 2 heteroatoms. The van der Waals surface area contributed by atoms with Crippen molar-refractivity contribution in [1.82, 2.24) is 0 Å². The SMILES string of the molecule is C=CC1=C(/C=C(\C)Br)C(O)(c2ccccc2-c2ccccc2)c2ccccc21. The van der Waals surface area contributed by atoms with E-state index in [9.17, 15) is 5.11 Å². The van der Waals surface area contributed by atoms with Crippen LogP contribution in [-0.4, -0.2) is 5.11 Å². The number of aliphatic hydroxyl groups is 1. The molecule has 0 fully saturated rings. The summed E-state index contributed by atoms with van der Waals surface area (Å²) in [4.78, 5) is 0. The second-order valence-corrected chi connectivity index (χ2v) is 8.18. The second kappa shape index (κ2) is 7.38. The lowest BCUT2D eigenvalue weighted by Gasteiger charge is -2.30. The molecule has 4 rings (SSSR count). The third-order valence-electron chi connectivity index (χ3n) is 5.24. The lowest BCUT2D eigenvalue weighted by Crippen LogP contribution is -2.28. The molecule has 0 aliphatic heterocycles. The second-order valence-electron chi connectivity index (χ2n) is 6.93. The van der Waals surface area contributed by atoms with Crippen LogP contribution in [0.15, 0.2) is 108 Å². The largest absolute Gasteiger partial charge is 0.376 e. The number of hydrogen-bond donors (Lipinski definition) is 1. The molecule has 1 atom stereocenters. The van der Waals surface area contributed by atoms with Gasteiger partial charge < -0.3 is 5.11 Å². The predicted octanol–water partition coefficient (Wildman–Crippen LogP) is 6.84. The zero-order valence-corrected chi connectivity index (χ0v) is 17.3. The van der Waals surface area contributed by atoms with E-state index in [0.29, 0.717) is 0 Å². The Hall–Kier alpha value is -2.68. The van der Waals surface area contributed by atoms with Crippen molar-refractivity contribution in [3.05, 3.63) is 124 Å². The van der Waals surface area contributed by atoms with Gasteiger partial charge in [0, 0.05) is 16.7 Å². The summed E-state index contributed by atoms with van der Waals surface area (Å²) in [5, 5.41) is 12.3. The first kappa shape index (κ1) is 18.7. The zero-order chi connectivity index (χ0) is 19.7. The summed E-state index contributed by atoms with van der Waals surface area (Å²) in [6, 6.07) is 26.3. The van der Waals surface area contributed by atoms with Gasteiger partial charge in [-0.15, -0.1) is 0 Å². The highest BCUT2D eigenvalue weighted by atomic mass is 79.9. The molecule has 1 unspecified atom stereocenters. The Morgan fingerprint density at radius 2 is 1.39 bits per heavy atom. The molecular weight excluding hydrogens is 408 g/mol. The van der Waals surface area contributed by atoms with Gasteiger partial charge >= 0.3 is 0 Å². The van der Waals surface area contributed by atoms with Crippen molar-refractivity contribution in [3.63, 3.8) is 0 Å². The van der Waals surface area contributed by atoms with Crippen molar-refractivity contribution < 1.29 is 5.11 Å². The standard InChI is InChI=1S/C26H21BrO/c1-3-20-22-14-8-10-16-24(22)26(28,25(20)17-18(2)27)23-15-9-7-13-21(23)19-11-5-4-6-12-19/h3-17,28H,1H2,2H3/b18-17+. The first-order valence-electron chi connectivity index (χ1n) is 9.25. The van der Waals surface area contributed by atoms with Crippen LogP contribution in [0.4, 0.5) is 0 Å². The van der Waals surface area contributed by atoms with Crippen molar-refractivity contribution in [2.75, 3.05) is 0 Å². The molecule has 0 saturated carbocycles. The number of rotatable bonds is 4. The molecule has 1 aliphatic carbocycles. The molecule has 1 N–H and O–H groups in total. The molecule has 0 bridgehead atoms. The maximum atomic E-state index is 12.3. The molecule has 0 amide bonds. The Kier molecular flexibility index (Phi) is 4.92. The zero-order valence-electron chi connectivity index (χ0n) is 15.7. The number of benzene rings is 3. The van der Waals surface area contributed by atoms with E-state index in [0.717, 1.165) is 43.4 Å². The topological polar surface area (TPSA) is 20.2 Å². The Morgan fingerprint density at radius 1 is 0.857 bits per heavy atom. The van der Waals surface area contributed by atoms with Crippen LogP contribution in [0, 0.1) is 0 Å². The third kappa shape index (κ3) is 2.90. The number of halogens is 1. The van der Waals surface area contributed by atoms with Crippen LogP contribution in [0.3, 0.4) is 0 Å². The molecular formula is C26H21BrO. The van der Waals surface area contributed by atoms with Crippen LogP contribution in [0.25, 0.3) is 16.7 Å². The van der Waals surface area contributed by atoms with Crippen LogP contribution in [0.2, 0.25) is 0 Å². The maximum absolute atomic E-state index is 12.3. The van der Waals surface area contributed by atoms with Crippen LogP contribution in [-0.2, 0) is 5.60 Å². The molecule has 28 heavy (non-hydrogen) atoms. The summed E-state index contributed by atoms with van der Waals surface area (Å²) in [5.41, 5.74) is 5.39. The van der Waals surface area contributed by atoms with Crippen LogP contribution in [0.1, 0.15) is 23.6 Å². The van der Waals surface area contributed by atoms with Gasteiger partial charge in [-0.25, -0.2) is 0 Å². The van der Waals surface area contributed by atoms with Gasteiger partial charge in [0.2, 0.25) is 0 Å². The van der Waals surface area contributed by atoms with E-state index in [1.807, 2.05) is 79.7 Å². The summed E-state index contributed by atoms with van der Waals surface area (Å²) in [7, 11) is 0. The molecule has 0 aromatic heterocycles. The maximum Gasteiger partial charge on any atom is 0.142 e. The van der Waals surface area contributed by atoms with E-state index in [4.69, 9.17) is 0 Å². The number of hydrogen-bond acceptors (Lipinski definition) is 1. The van der Waals surface area contributed by atoms with Crippen molar-refractivity contribution in [3.8, 4) is 11.1 Å². The van der Waals surface area contributed by atoms with E-state index in [1.165, 1.54) is 0 Å². The van der Waals surface area contributed by atoms with Crippen LogP contribution in [0.5, 0.6) is 0 Å². The first-order valence-corrected chi connectivity index (χ1v) is 10.0. The quantitative estimate of drug-likeness (QED) is 0.481. The fourth-order valence-electron chi connectivity index (χ4n) is 4.08. The van der Waals surface area contributed by atoms with E-state index in [-0.39, 0.29) is 0 Å². The Morgan fingerprint density at radius 3 is 2.00 bits per heavy atom. The smallest absolute Gasteiger partial charge is 0.142 e. The molecule has 1 nitrogen and oxygen atoms in total. The summed E-state index contributed by atoms with van der Waals surface area (Å²) in [5.74, 6) is 0. The highest BCUT2D eigenvalue weighted by Crippen LogP contribution is 2.52. The minimum Gasteiger partial charge on any atom is -0.376 e. The van der Waals surface area contributed by atoms with E-state index in [2.05, 4.69) is 40.7 Å². The normalized spacial score (nSPS) is 18.9. The minimum absolute atomic E-state index is 0.835. The summed E-state index contributed by atoms with van der Waals surface area (Å²) in [6.45, 7) is 6.00. The van der Waals surface area contributed by atoms with E-state index in [1.54, 1.807) is 0 Å². The Labute approximate surface area is 174 Å². The monoisotopic (exact) mass is 428 g/mol. The van der Waals surface area contributed by atoms with E-state index < -0.39 is 5.60 Å². The van der Waals surface area contributed by atoms with Gasteiger partial charge in [0.1, 0.15) is 5.60 Å². The molecule has 0 saturated heterocycles. The van der Waals surface area contributed by atoms with Crippen molar-refractivity contribution in [2.24, 2.45) is 0 Å². The first-order chi connectivity index (χ1) is 13.6. The summed E-state index contributed by atoms with van der Waals surface area (Å²) < 4.78 is 0.949. The lowest BCUT2D eigenvalue weighted by molar-refractivity contribution is 0.129. The average Bonchev–Trinajstić information content (AvgIpc) is 2.97. The molecule has 0 radical (unpaired) electrons. The fourth-order valence-corrected chi connectivity index (χ4v) is 4.31. The van der Waals surface area contributed by atoms with Gasteiger partial charge in [-0.2, -0.15) is 0 Å². The molecule has 138 valence electrons. The third-order valence-corrected chi connectivity index (χ3v) is 5.46. The molecule has 0 heterocycles. The molecule has 3 aromatic carbocycles. The Bertz CT molecular complexity index is 1100. The lowest BCUT2D eigenvalue weighted by atomic mass is 9.79. The molecule has 1 aliphatic rings. The Balaban J connectivity index is 2.08. The van der Waals surface area contributed by atoms with E-state index >= 15 is 0 Å². The number of fused-ring (bicyclic) bond motifs is 1. The van der Waals surface area contributed by atoms with Crippen LogP contribution < -0.4 is 0 Å². The summed E-state index contributed by atoms with van der Waals surface area (Å²) >= 11 is 3.56. The van der Waals surface area contributed by atoms with Crippen molar-refractivity contribution in [1.29, 1.82) is 0 Å². The van der Waals surface area contributed by atoms with Gasteiger partial charge in [-0.3, -0.25) is 0 Å². The minimum atomic E-state index is -1.26. The average molecular weight is 429 g/mol. The fraction of sp³-hybridized carbons (Fsp3) is 0.0769. The van der Waals surface area contributed by atoms with Gasteiger partial charge in [0.25, 0.3) is 0 Å². The predicted molar refractivity (Wildman–Crippen MR) is 121 cm³/mol. The van der Waals surface area contributed by atoms with Crippen molar-refractivity contribution >= 4 is 21.5 Å². The molecule has 0 spiro atoms. The molecule has 3 aromatic rings. The van der Waals surface area contributed by atoms with Gasteiger partial charge in [-0.1, -0.05) is 107 Å². The van der Waals surface area contributed by atoms with Gasteiger partial charge in [0.15, 0.2) is 0 Å². The summed E-state index contributed by atoms with van der Waals surface area (Å²) in [6.07, 6.45) is 3.84. The van der Waals surface area contributed by atoms with Crippen molar-refractivity contribution in [2.45, 2.75) is 12.5 Å².